The lowest BCUT2D eigenvalue weighted by Gasteiger charge is -2.37. The molecule has 1 N–H and O–H groups in total. The number of aromatic nitrogens is 4. The Morgan fingerprint density at radius 1 is 1.00 bits per heavy atom. The largest absolute Gasteiger partial charge is 0.351 e. The third kappa shape index (κ3) is 3.86. The van der Waals surface area contributed by atoms with E-state index in [0.29, 0.717) is 12.1 Å². The number of hydrogen-bond donors (Lipinski definition) is 1. The van der Waals surface area contributed by atoms with Gasteiger partial charge in [0, 0.05) is 24.7 Å². The minimum absolute atomic E-state index is 0.0455. The number of fused-ring (bicyclic) bond motifs is 1. The summed E-state index contributed by atoms with van der Waals surface area (Å²) in [6.45, 7) is 1.47. The first-order valence-corrected chi connectivity index (χ1v) is 10.7. The molecule has 1 saturated heterocycles. The highest BCUT2D eigenvalue weighted by atomic mass is 16.1. The molecule has 0 bridgehead atoms. The van der Waals surface area contributed by atoms with Crippen molar-refractivity contribution in [2.45, 2.75) is 25.3 Å². The highest BCUT2D eigenvalue weighted by molar-refractivity contribution is 5.94. The second-order valence-corrected chi connectivity index (χ2v) is 7.75. The molecule has 31 heavy (non-hydrogen) atoms. The second kappa shape index (κ2) is 8.55. The number of anilines is 1. The van der Waals surface area contributed by atoms with Crippen molar-refractivity contribution < 1.29 is 4.79 Å². The van der Waals surface area contributed by atoms with Crippen molar-refractivity contribution in [1.29, 1.82) is 0 Å². The van der Waals surface area contributed by atoms with Gasteiger partial charge in [-0.1, -0.05) is 36.4 Å². The quantitative estimate of drug-likeness (QED) is 0.542. The summed E-state index contributed by atoms with van der Waals surface area (Å²) in [5.41, 5.74) is 2.43. The van der Waals surface area contributed by atoms with Crippen LogP contribution in [0.4, 0.5) is 5.82 Å². The molecular weight excluding hydrogens is 388 g/mol. The summed E-state index contributed by atoms with van der Waals surface area (Å²) in [4.78, 5) is 24.0. The standard InChI is InChI=1S/C24H24N6O/c31-24(18-9-3-1-4-10-18)25-15-20-13-7-8-14-29(20)22-21-16-28-30(23(21)27-17-26-22)19-11-5-2-6-12-19/h1-6,9-12,16-17,20H,7-8,13-15H2,(H,25,31). The van der Waals surface area contributed by atoms with Crippen molar-refractivity contribution in [3.63, 3.8) is 0 Å². The third-order valence-electron chi connectivity index (χ3n) is 5.78. The van der Waals surface area contributed by atoms with Crippen LogP contribution in [0, 0.1) is 0 Å². The van der Waals surface area contributed by atoms with Crippen molar-refractivity contribution in [3.05, 3.63) is 78.8 Å². The number of benzene rings is 2. The van der Waals surface area contributed by atoms with Crippen LogP contribution >= 0.6 is 0 Å². The van der Waals surface area contributed by atoms with E-state index in [1.54, 1.807) is 6.33 Å². The van der Waals surface area contributed by atoms with E-state index in [-0.39, 0.29) is 11.9 Å². The van der Waals surface area contributed by atoms with Crippen LogP contribution in [0.2, 0.25) is 0 Å². The molecule has 0 spiro atoms. The zero-order valence-electron chi connectivity index (χ0n) is 17.2. The van der Waals surface area contributed by atoms with Gasteiger partial charge in [-0.15, -0.1) is 0 Å². The molecule has 0 aliphatic carbocycles. The molecule has 3 heterocycles. The number of para-hydroxylation sites is 1. The van der Waals surface area contributed by atoms with Gasteiger partial charge in [0.2, 0.25) is 0 Å². The van der Waals surface area contributed by atoms with Gasteiger partial charge in [0.25, 0.3) is 5.91 Å². The summed E-state index contributed by atoms with van der Waals surface area (Å²) in [5, 5.41) is 8.60. The number of nitrogens with one attached hydrogen (secondary N) is 1. The predicted octanol–water partition coefficient (Wildman–Crippen LogP) is 3.60. The number of hydrogen-bond acceptors (Lipinski definition) is 5. The van der Waals surface area contributed by atoms with Gasteiger partial charge in [-0.2, -0.15) is 5.10 Å². The van der Waals surface area contributed by atoms with Crippen LogP contribution in [0.5, 0.6) is 0 Å². The van der Waals surface area contributed by atoms with Crippen LogP contribution < -0.4 is 10.2 Å². The highest BCUT2D eigenvalue weighted by Gasteiger charge is 2.26. The zero-order chi connectivity index (χ0) is 21.0. The number of rotatable bonds is 5. The normalized spacial score (nSPS) is 16.4. The smallest absolute Gasteiger partial charge is 0.251 e. The first kappa shape index (κ1) is 19.2. The summed E-state index contributed by atoms with van der Waals surface area (Å²) in [5.74, 6) is 0.835. The number of piperidine rings is 1. The Hall–Kier alpha value is -3.74. The average Bonchev–Trinajstić information content (AvgIpc) is 3.28. The van der Waals surface area contributed by atoms with E-state index >= 15 is 0 Å². The first-order chi connectivity index (χ1) is 15.3. The van der Waals surface area contributed by atoms with Gasteiger partial charge in [-0.05, 0) is 43.5 Å². The third-order valence-corrected chi connectivity index (χ3v) is 5.78. The van der Waals surface area contributed by atoms with Crippen LogP contribution in [-0.2, 0) is 0 Å². The molecule has 1 unspecified atom stereocenters. The molecule has 7 nitrogen and oxygen atoms in total. The van der Waals surface area contributed by atoms with E-state index in [1.165, 1.54) is 0 Å². The van der Waals surface area contributed by atoms with E-state index in [1.807, 2.05) is 71.5 Å². The van der Waals surface area contributed by atoms with Crippen LogP contribution in [-0.4, -0.2) is 44.8 Å². The lowest BCUT2D eigenvalue weighted by molar-refractivity contribution is 0.0949. The van der Waals surface area contributed by atoms with Gasteiger partial charge in [0.15, 0.2) is 5.65 Å². The Morgan fingerprint density at radius 3 is 2.58 bits per heavy atom. The van der Waals surface area contributed by atoms with E-state index in [2.05, 4.69) is 25.3 Å². The summed E-state index contributed by atoms with van der Waals surface area (Å²) in [7, 11) is 0. The van der Waals surface area contributed by atoms with Crippen molar-refractivity contribution in [3.8, 4) is 5.69 Å². The van der Waals surface area contributed by atoms with Gasteiger partial charge in [0.1, 0.15) is 12.1 Å². The molecule has 1 amide bonds. The molecular formula is C24H24N6O. The first-order valence-electron chi connectivity index (χ1n) is 10.7. The number of carbonyl (C=O) groups is 1. The summed E-state index contributed by atoms with van der Waals surface area (Å²) < 4.78 is 1.84. The second-order valence-electron chi connectivity index (χ2n) is 7.75. The molecule has 1 aliphatic rings. The molecule has 4 aromatic rings. The molecule has 1 atom stereocenters. The molecule has 1 aliphatic heterocycles. The lowest BCUT2D eigenvalue weighted by Crippen LogP contribution is -2.47. The number of nitrogens with zero attached hydrogens (tertiary/aromatic N) is 5. The highest BCUT2D eigenvalue weighted by Crippen LogP contribution is 2.29. The van der Waals surface area contributed by atoms with Crippen molar-refractivity contribution in [2.75, 3.05) is 18.0 Å². The molecule has 0 radical (unpaired) electrons. The predicted molar refractivity (Wildman–Crippen MR) is 120 cm³/mol. The van der Waals surface area contributed by atoms with Gasteiger partial charge in [-0.25, -0.2) is 14.6 Å². The Balaban J connectivity index is 1.41. The Morgan fingerprint density at radius 2 is 1.77 bits per heavy atom. The summed E-state index contributed by atoms with van der Waals surface area (Å²) in [6, 6.07) is 19.5. The monoisotopic (exact) mass is 412 g/mol. The molecule has 5 rings (SSSR count). The van der Waals surface area contributed by atoms with Crippen molar-refractivity contribution >= 4 is 22.8 Å². The van der Waals surface area contributed by atoms with E-state index < -0.39 is 0 Å². The fourth-order valence-corrected chi connectivity index (χ4v) is 4.21. The van der Waals surface area contributed by atoms with Gasteiger partial charge in [0.05, 0.1) is 17.3 Å². The summed E-state index contributed by atoms with van der Waals surface area (Å²) >= 11 is 0. The van der Waals surface area contributed by atoms with E-state index in [4.69, 9.17) is 0 Å². The fraction of sp³-hybridized carbons (Fsp3) is 0.250. The SMILES string of the molecule is O=C(NCC1CCCCN1c1ncnc2c1cnn2-c1ccccc1)c1ccccc1. The minimum Gasteiger partial charge on any atom is -0.351 e. The van der Waals surface area contributed by atoms with Crippen LogP contribution in [0.15, 0.2) is 73.2 Å². The summed E-state index contributed by atoms with van der Waals surface area (Å²) in [6.07, 6.45) is 6.69. The molecule has 0 saturated carbocycles. The van der Waals surface area contributed by atoms with Gasteiger partial charge >= 0.3 is 0 Å². The molecule has 1 fully saturated rings. The van der Waals surface area contributed by atoms with Crippen LogP contribution in [0.3, 0.4) is 0 Å². The fourth-order valence-electron chi connectivity index (χ4n) is 4.21. The van der Waals surface area contributed by atoms with Crippen molar-refractivity contribution in [1.82, 2.24) is 25.1 Å². The van der Waals surface area contributed by atoms with Crippen LogP contribution in [0.1, 0.15) is 29.6 Å². The zero-order valence-corrected chi connectivity index (χ0v) is 17.2. The molecule has 2 aromatic heterocycles. The topological polar surface area (TPSA) is 75.9 Å². The lowest BCUT2D eigenvalue weighted by atomic mass is 10.0. The molecule has 2 aromatic carbocycles. The Bertz CT molecular complexity index is 1170. The number of amides is 1. The van der Waals surface area contributed by atoms with Crippen molar-refractivity contribution in [2.24, 2.45) is 0 Å². The number of carbonyl (C=O) groups excluding carboxylic acids is 1. The van der Waals surface area contributed by atoms with Gasteiger partial charge < -0.3 is 10.2 Å². The van der Waals surface area contributed by atoms with E-state index in [0.717, 1.165) is 48.3 Å². The minimum atomic E-state index is -0.0455. The molecule has 156 valence electrons. The van der Waals surface area contributed by atoms with Crippen LogP contribution in [0.25, 0.3) is 16.7 Å². The maximum atomic E-state index is 12.5. The maximum Gasteiger partial charge on any atom is 0.251 e. The average molecular weight is 412 g/mol. The Kier molecular flexibility index (Phi) is 5.31. The van der Waals surface area contributed by atoms with E-state index in [9.17, 15) is 4.79 Å². The maximum absolute atomic E-state index is 12.5. The van der Waals surface area contributed by atoms with Gasteiger partial charge in [-0.3, -0.25) is 4.79 Å². The molecule has 7 heteroatoms. The Labute approximate surface area is 180 Å².